The SMILES string of the molecule is CC(C)CCCCCCNc1nn(C)cc1N. The van der Waals surface area contributed by atoms with Crippen LogP contribution in [0.1, 0.15) is 46.0 Å². The quantitative estimate of drug-likeness (QED) is 0.684. The van der Waals surface area contributed by atoms with E-state index in [9.17, 15) is 0 Å². The summed E-state index contributed by atoms with van der Waals surface area (Å²) in [5.74, 6) is 1.65. The predicted molar refractivity (Wildman–Crippen MR) is 74.0 cm³/mol. The third-order valence-electron chi connectivity index (χ3n) is 2.86. The van der Waals surface area contributed by atoms with Crippen LogP contribution in [0.5, 0.6) is 0 Å². The molecule has 4 heteroatoms. The highest BCUT2D eigenvalue weighted by Crippen LogP contribution is 2.14. The summed E-state index contributed by atoms with van der Waals surface area (Å²) in [6, 6.07) is 0. The molecule has 3 N–H and O–H groups in total. The lowest BCUT2D eigenvalue weighted by atomic mass is 10.0. The smallest absolute Gasteiger partial charge is 0.171 e. The number of unbranched alkanes of at least 4 members (excludes halogenated alkanes) is 3. The van der Waals surface area contributed by atoms with Crippen LogP contribution in [0.2, 0.25) is 0 Å². The maximum Gasteiger partial charge on any atom is 0.171 e. The molecular formula is C13H26N4. The van der Waals surface area contributed by atoms with Gasteiger partial charge in [0.1, 0.15) is 0 Å². The molecule has 0 bridgehead atoms. The van der Waals surface area contributed by atoms with Crippen molar-refractivity contribution in [2.45, 2.75) is 46.0 Å². The number of anilines is 2. The zero-order valence-corrected chi connectivity index (χ0v) is 11.4. The van der Waals surface area contributed by atoms with Crippen LogP contribution in [-0.4, -0.2) is 16.3 Å². The number of nitrogen functional groups attached to an aromatic ring is 1. The highest BCUT2D eigenvalue weighted by Gasteiger charge is 2.02. The van der Waals surface area contributed by atoms with Gasteiger partial charge in [-0.25, -0.2) is 0 Å². The second-order valence-corrected chi connectivity index (χ2v) is 5.13. The highest BCUT2D eigenvalue weighted by atomic mass is 15.3. The third-order valence-corrected chi connectivity index (χ3v) is 2.86. The van der Waals surface area contributed by atoms with Crippen LogP contribution >= 0.6 is 0 Å². The van der Waals surface area contributed by atoms with E-state index in [0.29, 0.717) is 0 Å². The van der Waals surface area contributed by atoms with Crippen molar-refractivity contribution < 1.29 is 0 Å². The van der Waals surface area contributed by atoms with Gasteiger partial charge in [-0.3, -0.25) is 4.68 Å². The van der Waals surface area contributed by atoms with Gasteiger partial charge < -0.3 is 11.1 Å². The van der Waals surface area contributed by atoms with E-state index < -0.39 is 0 Å². The topological polar surface area (TPSA) is 55.9 Å². The van der Waals surface area contributed by atoms with Gasteiger partial charge in [-0.05, 0) is 12.3 Å². The average molecular weight is 238 g/mol. The Bertz CT molecular complexity index is 317. The number of nitrogens with zero attached hydrogens (tertiary/aromatic N) is 2. The zero-order valence-electron chi connectivity index (χ0n) is 11.4. The van der Waals surface area contributed by atoms with Gasteiger partial charge in [-0.15, -0.1) is 0 Å². The summed E-state index contributed by atoms with van der Waals surface area (Å²) in [5, 5.41) is 7.52. The van der Waals surface area contributed by atoms with E-state index in [1.54, 1.807) is 4.68 Å². The van der Waals surface area contributed by atoms with Crippen LogP contribution in [0.4, 0.5) is 11.5 Å². The first-order valence-corrected chi connectivity index (χ1v) is 6.62. The van der Waals surface area contributed by atoms with Gasteiger partial charge in [-0.2, -0.15) is 5.10 Å². The summed E-state index contributed by atoms with van der Waals surface area (Å²) in [4.78, 5) is 0. The molecule has 0 amide bonds. The van der Waals surface area contributed by atoms with Crippen LogP contribution in [0.3, 0.4) is 0 Å². The predicted octanol–water partition coefficient (Wildman–Crippen LogP) is 3.02. The number of nitrogens with one attached hydrogen (secondary N) is 1. The molecule has 4 nitrogen and oxygen atoms in total. The normalized spacial score (nSPS) is 11.1. The summed E-state index contributed by atoms with van der Waals surface area (Å²) in [6.45, 7) is 5.53. The summed E-state index contributed by atoms with van der Waals surface area (Å²) < 4.78 is 1.74. The van der Waals surface area contributed by atoms with Gasteiger partial charge in [0.15, 0.2) is 5.82 Å². The molecule has 17 heavy (non-hydrogen) atoms. The summed E-state index contributed by atoms with van der Waals surface area (Å²) in [5.41, 5.74) is 6.52. The standard InChI is InChI=1S/C13H26N4/c1-11(2)8-6-4-5-7-9-15-13-12(14)10-17(3)16-13/h10-11H,4-9,14H2,1-3H3,(H,15,16). The van der Waals surface area contributed by atoms with Crippen LogP contribution in [-0.2, 0) is 7.05 Å². The van der Waals surface area contributed by atoms with Gasteiger partial charge >= 0.3 is 0 Å². The fourth-order valence-electron chi connectivity index (χ4n) is 1.88. The first-order valence-electron chi connectivity index (χ1n) is 6.62. The van der Waals surface area contributed by atoms with Crippen molar-refractivity contribution in [1.29, 1.82) is 0 Å². The van der Waals surface area contributed by atoms with Crippen molar-refractivity contribution >= 4 is 11.5 Å². The molecule has 1 aromatic heterocycles. The van der Waals surface area contributed by atoms with Gasteiger partial charge in [0.2, 0.25) is 0 Å². The minimum Gasteiger partial charge on any atom is -0.394 e. The van der Waals surface area contributed by atoms with Crippen LogP contribution in [0.15, 0.2) is 6.20 Å². The van der Waals surface area contributed by atoms with Crippen molar-refractivity contribution in [3.63, 3.8) is 0 Å². The number of aromatic nitrogens is 2. The maximum absolute atomic E-state index is 5.79. The first kappa shape index (κ1) is 13.9. The molecule has 0 aliphatic rings. The van der Waals surface area contributed by atoms with E-state index >= 15 is 0 Å². The number of hydrogen-bond acceptors (Lipinski definition) is 3. The fourth-order valence-corrected chi connectivity index (χ4v) is 1.88. The Kier molecular flexibility index (Phi) is 5.87. The highest BCUT2D eigenvalue weighted by molar-refractivity contribution is 5.59. The van der Waals surface area contributed by atoms with Crippen molar-refractivity contribution in [2.24, 2.45) is 13.0 Å². The maximum atomic E-state index is 5.79. The lowest BCUT2D eigenvalue weighted by Crippen LogP contribution is -2.04. The number of rotatable bonds is 8. The molecule has 0 unspecified atom stereocenters. The van der Waals surface area contributed by atoms with Gasteiger partial charge in [0.25, 0.3) is 0 Å². The fraction of sp³-hybridized carbons (Fsp3) is 0.769. The summed E-state index contributed by atoms with van der Waals surface area (Å²) in [7, 11) is 1.88. The van der Waals surface area contributed by atoms with E-state index in [2.05, 4.69) is 24.3 Å². The van der Waals surface area contributed by atoms with Crippen LogP contribution in [0.25, 0.3) is 0 Å². The Morgan fingerprint density at radius 2 is 2.00 bits per heavy atom. The summed E-state index contributed by atoms with van der Waals surface area (Å²) in [6.07, 6.45) is 8.33. The Morgan fingerprint density at radius 3 is 2.59 bits per heavy atom. The number of nitrogens with two attached hydrogens (primary N) is 1. The molecule has 98 valence electrons. The summed E-state index contributed by atoms with van der Waals surface area (Å²) >= 11 is 0. The lowest BCUT2D eigenvalue weighted by molar-refractivity contribution is 0.523. The molecular weight excluding hydrogens is 212 g/mol. The number of aryl methyl sites for hydroxylation is 1. The average Bonchev–Trinajstić information content (AvgIpc) is 2.55. The Morgan fingerprint density at radius 1 is 1.29 bits per heavy atom. The minimum absolute atomic E-state index is 0.729. The van der Waals surface area contributed by atoms with Gasteiger partial charge in [-0.1, -0.05) is 39.5 Å². The number of hydrogen-bond donors (Lipinski definition) is 2. The largest absolute Gasteiger partial charge is 0.394 e. The molecule has 0 aliphatic heterocycles. The zero-order chi connectivity index (χ0) is 12.7. The van der Waals surface area contributed by atoms with Crippen LogP contribution in [0, 0.1) is 5.92 Å². The molecule has 0 saturated carbocycles. The van der Waals surface area contributed by atoms with Crippen molar-refractivity contribution in [3.05, 3.63) is 6.20 Å². The first-order chi connectivity index (χ1) is 8.09. The molecule has 0 fully saturated rings. The molecule has 1 aromatic rings. The molecule has 0 aromatic carbocycles. The molecule has 1 heterocycles. The van der Waals surface area contributed by atoms with E-state index in [1.165, 1.54) is 32.1 Å². The van der Waals surface area contributed by atoms with E-state index in [1.807, 2.05) is 13.2 Å². The second kappa shape index (κ2) is 7.20. The molecule has 0 aliphatic carbocycles. The molecule has 0 atom stereocenters. The Labute approximate surface area is 105 Å². The monoisotopic (exact) mass is 238 g/mol. The van der Waals surface area contributed by atoms with Gasteiger partial charge in [0.05, 0.1) is 5.69 Å². The molecule has 1 rings (SSSR count). The second-order valence-electron chi connectivity index (χ2n) is 5.13. The minimum atomic E-state index is 0.729. The lowest BCUT2D eigenvalue weighted by Gasteiger charge is -2.05. The van der Waals surface area contributed by atoms with E-state index in [4.69, 9.17) is 5.73 Å². The molecule has 0 spiro atoms. The van der Waals surface area contributed by atoms with Crippen molar-refractivity contribution in [3.8, 4) is 0 Å². The van der Waals surface area contributed by atoms with E-state index in [-0.39, 0.29) is 0 Å². The van der Waals surface area contributed by atoms with Crippen LogP contribution < -0.4 is 11.1 Å². The Balaban J connectivity index is 2.03. The van der Waals surface area contributed by atoms with Crippen molar-refractivity contribution in [1.82, 2.24) is 9.78 Å². The van der Waals surface area contributed by atoms with Gasteiger partial charge in [0, 0.05) is 19.8 Å². The third kappa shape index (κ3) is 5.61. The molecule has 0 saturated heterocycles. The van der Waals surface area contributed by atoms with E-state index in [0.717, 1.165) is 24.0 Å². The Hall–Kier alpha value is -1.19. The molecule has 0 radical (unpaired) electrons. The van der Waals surface area contributed by atoms with Crippen molar-refractivity contribution in [2.75, 3.05) is 17.6 Å².